The Morgan fingerprint density at radius 2 is 1.90 bits per heavy atom. The number of carbonyl (C=O) groups is 2. The molecule has 0 radical (unpaired) electrons. The number of nitrogens with one attached hydrogen (secondary N) is 1. The number of hydrogen-bond acceptors (Lipinski definition) is 3. The molecule has 21 heavy (non-hydrogen) atoms. The van der Waals surface area contributed by atoms with E-state index in [9.17, 15) is 22.8 Å². The number of amides is 1. The third-order valence-electron chi connectivity index (χ3n) is 3.07. The van der Waals surface area contributed by atoms with Crippen molar-refractivity contribution in [2.24, 2.45) is 0 Å². The summed E-state index contributed by atoms with van der Waals surface area (Å²) in [7, 11) is 0. The number of hydrogen-bond donors (Lipinski definition) is 2. The van der Waals surface area contributed by atoms with Crippen molar-refractivity contribution < 1.29 is 27.9 Å². The first kappa shape index (κ1) is 15.3. The summed E-state index contributed by atoms with van der Waals surface area (Å²) >= 11 is 0. The number of nitrogens with zero attached hydrogens (tertiary/aromatic N) is 1. The number of carboxylic acids is 1. The Balaban J connectivity index is 2.22. The molecular formula is C13H13F3N2O3. The van der Waals surface area contributed by atoms with Gasteiger partial charge >= 0.3 is 12.1 Å². The van der Waals surface area contributed by atoms with Gasteiger partial charge in [0.2, 0.25) is 0 Å². The van der Waals surface area contributed by atoms with Gasteiger partial charge in [-0.1, -0.05) is 6.07 Å². The van der Waals surface area contributed by atoms with Crippen LogP contribution in [-0.4, -0.2) is 41.1 Å². The largest absolute Gasteiger partial charge is 0.480 e. The van der Waals surface area contributed by atoms with Gasteiger partial charge in [0.1, 0.15) is 13.1 Å². The molecule has 1 aliphatic heterocycles. The Labute approximate surface area is 118 Å². The predicted octanol–water partition coefficient (Wildman–Crippen LogP) is 1.38. The first-order valence-corrected chi connectivity index (χ1v) is 6.16. The highest BCUT2D eigenvalue weighted by Gasteiger charge is 2.34. The number of carbonyl (C=O) groups excluding carboxylic acids is 1. The van der Waals surface area contributed by atoms with E-state index in [4.69, 9.17) is 5.11 Å². The van der Waals surface area contributed by atoms with E-state index < -0.39 is 31.1 Å². The molecule has 0 aromatic heterocycles. The zero-order valence-electron chi connectivity index (χ0n) is 10.9. The van der Waals surface area contributed by atoms with Gasteiger partial charge in [-0.25, -0.2) is 0 Å². The standard InChI is InChI=1S/C13H13F3N2O3/c14-13(15,16)7-18(6-11(19)20)12(21)8-1-2-9-4-17-5-10(9)3-8/h1-3,17H,4-7H2,(H,19,20). The summed E-state index contributed by atoms with van der Waals surface area (Å²) in [5, 5.41) is 11.7. The van der Waals surface area contributed by atoms with Crippen molar-refractivity contribution in [1.29, 1.82) is 0 Å². The highest BCUT2D eigenvalue weighted by atomic mass is 19.4. The van der Waals surface area contributed by atoms with E-state index in [1.165, 1.54) is 12.1 Å². The van der Waals surface area contributed by atoms with Gasteiger partial charge in [0, 0.05) is 18.7 Å². The van der Waals surface area contributed by atoms with Gasteiger partial charge in [-0.3, -0.25) is 9.59 Å². The lowest BCUT2D eigenvalue weighted by Crippen LogP contribution is -2.42. The number of carboxylic acid groups (broad SMARTS) is 1. The van der Waals surface area contributed by atoms with Crippen molar-refractivity contribution in [2.75, 3.05) is 13.1 Å². The Bertz CT molecular complexity index is 572. The summed E-state index contributed by atoms with van der Waals surface area (Å²) < 4.78 is 37.4. The third kappa shape index (κ3) is 3.94. The van der Waals surface area contributed by atoms with E-state index in [2.05, 4.69) is 5.32 Å². The van der Waals surface area contributed by atoms with E-state index in [0.717, 1.165) is 11.1 Å². The fourth-order valence-corrected chi connectivity index (χ4v) is 2.19. The van der Waals surface area contributed by atoms with Gasteiger partial charge < -0.3 is 15.3 Å². The monoisotopic (exact) mass is 302 g/mol. The van der Waals surface area contributed by atoms with Crippen LogP contribution in [0, 0.1) is 0 Å². The van der Waals surface area contributed by atoms with Crippen LogP contribution in [0.2, 0.25) is 0 Å². The SMILES string of the molecule is O=C(O)CN(CC(F)(F)F)C(=O)c1ccc2c(c1)CNC2. The summed E-state index contributed by atoms with van der Waals surface area (Å²) in [5.41, 5.74) is 1.87. The fraction of sp³-hybridized carbons (Fsp3) is 0.385. The molecule has 1 aromatic rings. The van der Waals surface area contributed by atoms with Crippen molar-refractivity contribution >= 4 is 11.9 Å². The topological polar surface area (TPSA) is 69.6 Å². The molecule has 0 saturated heterocycles. The number of alkyl halides is 3. The van der Waals surface area contributed by atoms with E-state index in [1.807, 2.05) is 0 Å². The molecule has 8 heteroatoms. The van der Waals surface area contributed by atoms with Gasteiger partial charge in [0.05, 0.1) is 0 Å². The molecule has 0 unspecified atom stereocenters. The smallest absolute Gasteiger partial charge is 0.406 e. The molecule has 2 rings (SSSR count). The van der Waals surface area contributed by atoms with Gasteiger partial charge in [-0.05, 0) is 23.3 Å². The zero-order chi connectivity index (χ0) is 15.6. The van der Waals surface area contributed by atoms with Crippen molar-refractivity contribution in [3.8, 4) is 0 Å². The van der Waals surface area contributed by atoms with Gasteiger partial charge in [0.25, 0.3) is 5.91 Å². The molecule has 0 atom stereocenters. The average molecular weight is 302 g/mol. The minimum Gasteiger partial charge on any atom is -0.480 e. The van der Waals surface area contributed by atoms with Crippen LogP contribution in [-0.2, 0) is 17.9 Å². The molecule has 5 nitrogen and oxygen atoms in total. The fourth-order valence-electron chi connectivity index (χ4n) is 2.19. The summed E-state index contributed by atoms with van der Waals surface area (Å²) in [6, 6.07) is 4.58. The van der Waals surface area contributed by atoms with Crippen LogP contribution in [0.25, 0.3) is 0 Å². The Kier molecular flexibility index (Phi) is 4.17. The van der Waals surface area contributed by atoms with E-state index in [0.29, 0.717) is 13.1 Å². The molecule has 114 valence electrons. The molecule has 0 bridgehead atoms. The molecule has 1 heterocycles. The zero-order valence-corrected chi connectivity index (χ0v) is 10.9. The number of benzene rings is 1. The van der Waals surface area contributed by atoms with Gasteiger partial charge in [-0.2, -0.15) is 13.2 Å². The average Bonchev–Trinajstić information content (AvgIpc) is 2.81. The van der Waals surface area contributed by atoms with Crippen LogP contribution in [0.1, 0.15) is 21.5 Å². The Morgan fingerprint density at radius 3 is 2.52 bits per heavy atom. The molecule has 1 aromatic carbocycles. The van der Waals surface area contributed by atoms with E-state index in [-0.39, 0.29) is 10.5 Å². The maximum absolute atomic E-state index is 12.5. The molecule has 0 aliphatic carbocycles. The number of rotatable bonds is 4. The lowest BCUT2D eigenvalue weighted by atomic mass is 10.1. The second kappa shape index (κ2) is 5.72. The summed E-state index contributed by atoms with van der Waals surface area (Å²) in [5.74, 6) is -2.43. The minimum absolute atomic E-state index is 0.0583. The lowest BCUT2D eigenvalue weighted by Gasteiger charge is -2.22. The summed E-state index contributed by atoms with van der Waals surface area (Å²) in [4.78, 5) is 23.0. The normalized spacial score (nSPS) is 13.9. The molecule has 1 amide bonds. The first-order chi connectivity index (χ1) is 9.76. The van der Waals surface area contributed by atoms with E-state index >= 15 is 0 Å². The van der Waals surface area contributed by atoms with Gasteiger partial charge in [0.15, 0.2) is 0 Å². The lowest BCUT2D eigenvalue weighted by molar-refractivity contribution is -0.149. The Morgan fingerprint density at radius 1 is 1.24 bits per heavy atom. The van der Waals surface area contributed by atoms with Crippen LogP contribution in [0.15, 0.2) is 18.2 Å². The minimum atomic E-state index is -4.65. The summed E-state index contributed by atoms with van der Waals surface area (Å²) in [6.45, 7) is -1.40. The maximum Gasteiger partial charge on any atom is 0.406 e. The Hall–Kier alpha value is -2.09. The molecule has 0 fully saturated rings. The van der Waals surface area contributed by atoms with Crippen LogP contribution < -0.4 is 5.32 Å². The summed E-state index contributed by atoms with van der Waals surface area (Å²) in [6.07, 6.45) is -4.65. The molecule has 0 saturated carbocycles. The molecule has 0 spiro atoms. The molecule has 1 aliphatic rings. The highest BCUT2D eigenvalue weighted by Crippen LogP contribution is 2.21. The van der Waals surface area contributed by atoms with Crippen LogP contribution in [0.3, 0.4) is 0 Å². The first-order valence-electron chi connectivity index (χ1n) is 6.16. The van der Waals surface area contributed by atoms with Crippen molar-refractivity contribution in [2.45, 2.75) is 19.3 Å². The van der Waals surface area contributed by atoms with Crippen LogP contribution in [0.4, 0.5) is 13.2 Å². The number of halogens is 3. The predicted molar refractivity (Wildman–Crippen MR) is 66.6 cm³/mol. The van der Waals surface area contributed by atoms with Crippen molar-refractivity contribution in [3.05, 3.63) is 34.9 Å². The number of fused-ring (bicyclic) bond motifs is 1. The van der Waals surface area contributed by atoms with Crippen molar-refractivity contribution in [3.63, 3.8) is 0 Å². The van der Waals surface area contributed by atoms with E-state index in [1.54, 1.807) is 6.07 Å². The maximum atomic E-state index is 12.5. The van der Waals surface area contributed by atoms with Crippen LogP contribution in [0.5, 0.6) is 0 Å². The van der Waals surface area contributed by atoms with Gasteiger partial charge in [-0.15, -0.1) is 0 Å². The van der Waals surface area contributed by atoms with Crippen molar-refractivity contribution in [1.82, 2.24) is 10.2 Å². The second-order valence-corrected chi connectivity index (χ2v) is 4.76. The number of aliphatic carboxylic acids is 1. The van der Waals surface area contributed by atoms with Crippen LogP contribution >= 0.6 is 0 Å². The second-order valence-electron chi connectivity index (χ2n) is 4.76. The third-order valence-corrected chi connectivity index (χ3v) is 3.07. The quantitative estimate of drug-likeness (QED) is 0.881. The molecule has 2 N–H and O–H groups in total. The molecular weight excluding hydrogens is 289 g/mol. The highest BCUT2D eigenvalue weighted by molar-refractivity contribution is 5.96.